The molecule has 0 unspecified atom stereocenters. The van der Waals surface area contributed by atoms with Crippen LogP contribution >= 0.6 is 11.6 Å². The molecule has 4 N–H and O–H groups in total. The Kier molecular flexibility index (Phi) is 10.4. The maximum atomic E-state index is 14.2. The van der Waals surface area contributed by atoms with Crippen LogP contribution in [0.5, 0.6) is 0 Å². The number of amides is 3. The topological polar surface area (TPSA) is 140 Å². The molecule has 0 spiro atoms. The SMILES string of the molecule is C=CC(=O)Nc1ccccc1Nc1nc(Nc2ccc(N(CCN(C(=O)O)C(C)(C)C)C(C)=O)cc2C(F)(F)F)ncc1Cl. The molecule has 0 aliphatic carbocycles. The van der Waals surface area contributed by atoms with Crippen LogP contribution in [-0.4, -0.2) is 56.5 Å². The molecule has 1 aromatic heterocycles. The molecule has 0 saturated carbocycles. The van der Waals surface area contributed by atoms with E-state index in [-0.39, 0.29) is 35.6 Å². The first kappa shape index (κ1) is 33.6. The van der Waals surface area contributed by atoms with E-state index in [1.807, 2.05) is 0 Å². The number of para-hydroxylation sites is 2. The van der Waals surface area contributed by atoms with Gasteiger partial charge in [0, 0.05) is 31.2 Å². The molecule has 0 radical (unpaired) electrons. The van der Waals surface area contributed by atoms with E-state index in [2.05, 4.69) is 32.5 Å². The third-order valence-corrected chi connectivity index (χ3v) is 6.48. The quantitative estimate of drug-likeness (QED) is 0.177. The third kappa shape index (κ3) is 8.60. The number of aromatic nitrogens is 2. The molecular weight excluding hydrogens is 603 g/mol. The van der Waals surface area contributed by atoms with E-state index >= 15 is 0 Å². The Hall–Kier alpha value is -4.85. The maximum Gasteiger partial charge on any atom is 0.418 e. The molecule has 1 heterocycles. The van der Waals surface area contributed by atoms with Gasteiger partial charge in [0.1, 0.15) is 5.02 Å². The predicted molar refractivity (Wildman–Crippen MR) is 163 cm³/mol. The summed E-state index contributed by atoms with van der Waals surface area (Å²) in [6.07, 6.45) is -3.80. The number of hydrogen-bond donors (Lipinski definition) is 4. The third-order valence-electron chi connectivity index (χ3n) is 6.20. The predicted octanol–water partition coefficient (Wildman–Crippen LogP) is 6.89. The van der Waals surface area contributed by atoms with E-state index in [1.165, 1.54) is 19.2 Å². The lowest BCUT2D eigenvalue weighted by Gasteiger charge is -2.35. The Morgan fingerprint density at radius 2 is 1.68 bits per heavy atom. The fraction of sp³-hybridized carbons (Fsp3) is 0.276. The summed E-state index contributed by atoms with van der Waals surface area (Å²) in [6.45, 7) is 9.29. The van der Waals surface area contributed by atoms with Crippen molar-refractivity contribution in [1.29, 1.82) is 0 Å². The minimum Gasteiger partial charge on any atom is -0.465 e. The van der Waals surface area contributed by atoms with Crippen molar-refractivity contribution >= 4 is 64.0 Å². The number of alkyl halides is 3. The number of nitrogens with one attached hydrogen (secondary N) is 3. The van der Waals surface area contributed by atoms with Gasteiger partial charge in [0.2, 0.25) is 17.8 Å². The minimum absolute atomic E-state index is 0.0410. The number of anilines is 6. The Morgan fingerprint density at radius 1 is 1.02 bits per heavy atom. The van der Waals surface area contributed by atoms with Gasteiger partial charge in [-0.25, -0.2) is 9.78 Å². The van der Waals surface area contributed by atoms with Gasteiger partial charge >= 0.3 is 12.3 Å². The minimum atomic E-state index is -4.85. The van der Waals surface area contributed by atoms with Gasteiger partial charge in [-0.15, -0.1) is 0 Å². The zero-order chi connectivity index (χ0) is 32.8. The normalized spacial score (nSPS) is 11.4. The molecule has 3 amide bonds. The first-order chi connectivity index (χ1) is 20.5. The maximum absolute atomic E-state index is 14.2. The molecule has 44 heavy (non-hydrogen) atoms. The zero-order valence-corrected chi connectivity index (χ0v) is 25.0. The van der Waals surface area contributed by atoms with Gasteiger partial charge < -0.3 is 30.9 Å². The van der Waals surface area contributed by atoms with Gasteiger partial charge in [-0.1, -0.05) is 30.3 Å². The molecule has 0 fully saturated rings. The van der Waals surface area contributed by atoms with Gasteiger partial charge in [-0.05, 0) is 57.2 Å². The van der Waals surface area contributed by atoms with Crippen LogP contribution in [0.25, 0.3) is 0 Å². The molecule has 0 saturated heterocycles. The second kappa shape index (κ2) is 13.6. The lowest BCUT2D eigenvalue weighted by atomic mass is 10.1. The second-order valence-electron chi connectivity index (χ2n) is 10.4. The van der Waals surface area contributed by atoms with E-state index in [1.54, 1.807) is 45.0 Å². The van der Waals surface area contributed by atoms with Crippen LogP contribution in [0.3, 0.4) is 0 Å². The average Bonchev–Trinajstić information content (AvgIpc) is 2.92. The molecule has 0 bridgehead atoms. The lowest BCUT2D eigenvalue weighted by molar-refractivity contribution is -0.137. The van der Waals surface area contributed by atoms with Crippen LogP contribution in [0.1, 0.15) is 33.3 Å². The molecule has 0 aliphatic heterocycles. The number of halogens is 4. The van der Waals surface area contributed by atoms with E-state index in [9.17, 15) is 32.7 Å². The van der Waals surface area contributed by atoms with Crippen molar-refractivity contribution in [3.05, 3.63) is 71.9 Å². The van der Waals surface area contributed by atoms with Crippen molar-refractivity contribution in [1.82, 2.24) is 14.9 Å². The number of nitrogens with zero attached hydrogens (tertiary/aromatic N) is 4. The highest BCUT2D eigenvalue weighted by Gasteiger charge is 2.35. The molecular formula is C29H31ClF3N7O4. The van der Waals surface area contributed by atoms with Gasteiger partial charge in [0.15, 0.2) is 5.82 Å². The molecule has 11 nitrogen and oxygen atoms in total. The Balaban J connectivity index is 1.93. The van der Waals surface area contributed by atoms with Gasteiger partial charge in [0.05, 0.1) is 28.8 Å². The van der Waals surface area contributed by atoms with Crippen molar-refractivity contribution in [2.75, 3.05) is 33.9 Å². The molecule has 2 aromatic carbocycles. The van der Waals surface area contributed by atoms with Crippen LogP contribution in [-0.2, 0) is 15.8 Å². The largest absolute Gasteiger partial charge is 0.465 e. The number of carbonyl (C=O) groups is 3. The van der Waals surface area contributed by atoms with E-state index in [4.69, 9.17) is 11.6 Å². The molecule has 0 atom stereocenters. The number of carbonyl (C=O) groups excluding carboxylic acids is 2. The fourth-order valence-corrected chi connectivity index (χ4v) is 4.22. The first-order valence-corrected chi connectivity index (χ1v) is 13.5. The molecule has 234 valence electrons. The summed E-state index contributed by atoms with van der Waals surface area (Å²) in [7, 11) is 0. The summed E-state index contributed by atoms with van der Waals surface area (Å²) in [5.74, 6) is -1.22. The smallest absolute Gasteiger partial charge is 0.418 e. The first-order valence-electron chi connectivity index (χ1n) is 13.1. The number of benzene rings is 2. The second-order valence-corrected chi connectivity index (χ2v) is 10.8. The summed E-state index contributed by atoms with van der Waals surface area (Å²) < 4.78 is 42.7. The van der Waals surface area contributed by atoms with E-state index < -0.39 is 40.9 Å². The Morgan fingerprint density at radius 3 is 2.25 bits per heavy atom. The molecule has 3 rings (SSSR count). The summed E-state index contributed by atoms with van der Waals surface area (Å²) in [4.78, 5) is 46.3. The van der Waals surface area contributed by atoms with Crippen LogP contribution in [0, 0.1) is 0 Å². The number of rotatable bonds is 10. The molecule has 15 heteroatoms. The monoisotopic (exact) mass is 633 g/mol. The van der Waals surface area contributed by atoms with Crippen LogP contribution in [0.4, 0.5) is 52.5 Å². The van der Waals surface area contributed by atoms with Crippen LogP contribution in [0.2, 0.25) is 5.02 Å². The van der Waals surface area contributed by atoms with Gasteiger partial charge in [0.25, 0.3) is 0 Å². The highest BCUT2D eigenvalue weighted by atomic mass is 35.5. The van der Waals surface area contributed by atoms with Crippen LogP contribution in [0.15, 0.2) is 61.3 Å². The highest BCUT2D eigenvalue weighted by molar-refractivity contribution is 6.33. The molecule has 0 aliphatic rings. The van der Waals surface area contributed by atoms with Crippen molar-refractivity contribution < 1.29 is 32.7 Å². The van der Waals surface area contributed by atoms with Crippen molar-refractivity contribution in [2.24, 2.45) is 0 Å². The average molecular weight is 634 g/mol. The Labute approximate surface area is 256 Å². The van der Waals surface area contributed by atoms with Crippen molar-refractivity contribution in [2.45, 2.75) is 39.4 Å². The summed E-state index contributed by atoms with van der Waals surface area (Å²) >= 11 is 6.25. The van der Waals surface area contributed by atoms with E-state index in [0.29, 0.717) is 11.4 Å². The van der Waals surface area contributed by atoms with Crippen molar-refractivity contribution in [3.63, 3.8) is 0 Å². The highest BCUT2D eigenvalue weighted by Crippen LogP contribution is 2.39. The fourth-order valence-electron chi connectivity index (χ4n) is 4.08. The summed E-state index contributed by atoms with van der Waals surface area (Å²) in [5.41, 5.74) is -1.62. The van der Waals surface area contributed by atoms with Gasteiger partial charge in [-0.3, -0.25) is 9.59 Å². The number of carboxylic acid groups (broad SMARTS) is 1. The van der Waals surface area contributed by atoms with Crippen molar-refractivity contribution in [3.8, 4) is 0 Å². The number of hydrogen-bond acceptors (Lipinski definition) is 7. The summed E-state index contributed by atoms with van der Waals surface area (Å²) in [6, 6.07) is 9.82. The molecule has 3 aromatic rings. The van der Waals surface area contributed by atoms with Crippen LogP contribution < -0.4 is 20.9 Å². The zero-order valence-electron chi connectivity index (χ0n) is 24.3. The lowest BCUT2D eigenvalue weighted by Crippen LogP contribution is -2.49. The van der Waals surface area contributed by atoms with Gasteiger partial charge in [-0.2, -0.15) is 18.2 Å². The standard InChI is InChI=1S/C29H31ClF3N7O4/c1-6-24(42)35-22-9-7-8-10-23(22)36-25-20(30)16-34-26(38-25)37-21-12-11-18(15-19(21)29(31,32)33)39(17(2)41)13-14-40(27(43)44)28(3,4)5/h6-12,15-16H,1,13-14H2,2-5H3,(H,35,42)(H,43,44)(H2,34,36,37,38). The van der Waals surface area contributed by atoms with E-state index in [0.717, 1.165) is 28.0 Å². The Bertz CT molecular complexity index is 1560. The summed E-state index contributed by atoms with van der Waals surface area (Å²) in [5, 5.41) is 17.7.